The number of rotatable bonds is 6. The fraction of sp³-hybridized carbons (Fsp3) is 0.286. The highest BCUT2D eigenvalue weighted by atomic mass is 32.2. The summed E-state index contributed by atoms with van der Waals surface area (Å²) in [5.41, 5.74) is 1.39. The summed E-state index contributed by atoms with van der Waals surface area (Å²) in [7, 11) is -1.76. The van der Waals surface area contributed by atoms with E-state index in [9.17, 15) is 13.2 Å². The first-order valence-corrected chi connectivity index (χ1v) is 11.3. The molecule has 0 amide bonds. The number of carbonyl (C=O) groups is 1. The van der Waals surface area contributed by atoms with Gasteiger partial charge in [-0.15, -0.1) is 10.2 Å². The van der Waals surface area contributed by atoms with Crippen molar-refractivity contribution in [1.82, 2.24) is 10.2 Å². The van der Waals surface area contributed by atoms with Crippen molar-refractivity contribution < 1.29 is 27.1 Å². The van der Waals surface area contributed by atoms with E-state index in [-0.39, 0.29) is 17.2 Å². The van der Waals surface area contributed by atoms with E-state index in [0.717, 1.165) is 0 Å². The largest absolute Gasteiger partial charge is 0.497 e. The quantitative estimate of drug-likeness (QED) is 0.534. The van der Waals surface area contributed by atoms with Gasteiger partial charge in [0.25, 0.3) is 5.89 Å². The number of benzene rings is 2. The summed E-state index contributed by atoms with van der Waals surface area (Å²) in [5.74, 6) is 0.635. The molecule has 1 saturated heterocycles. The van der Waals surface area contributed by atoms with Crippen LogP contribution in [0.1, 0.15) is 35.7 Å². The van der Waals surface area contributed by atoms with Crippen LogP contribution in [0.4, 0.5) is 5.69 Å². The Kier molecular flexibility index (Phi) is 5.64. The Morgan fingerprint density at radius 2 is 1.94 bits per heavy atom. The first-order valence-electron chi connectivity index (χ1n) is 9.66. The van der Waals surface area contributed by atoms with Gasteiger partial charge < -0.3 is 13.9 Å². The minimum atomic E-state index is -3.34. The Morgan fingerprint density at radius 3 is 2.61 bits per heavy atom. The van der Waals surface area contributed by atoms with Gasteiger partial charge in [0.1, 0.15) is 5.75 Å². The van der Waals surface area contributed by atoms with Gasteiger partial charge in [-0.3, -0.25) is 4.31 Å². The van der Waals surface area contributed by atoms with Gasteiger partial charge in [-0.25, -0.2) is 13.2 Å². The van der Waals surface area contributed by atoms with Gasteiger partial charge >= 0.3 is 5.97 Å². The number of esters is 1. The second kappa shape index (κ2) is 8.38. The maximum atomic E-state index is 12.6. The van der Waals surface area contributed by atoms with E-state index in [0.29, 0.717) is 35.9 Å². The van der Waals surface area contributed by atoms with Crippen molar-refractivity contribution in [3.8, 4) is 17.2 Å². The number of methoxy groups -OCH3 is 1. The first-order chi connectivity index (χ1) is 14.9. The van der Waals surface area contributed by atoms with Crippen molar-refractivity contribution in [1.29, 1.82) is 0 Å². The van der Waals surface area contributed by atoms with E-state index in [2.05, 4.69) is 10.2 Å². The standard InChI is InChI=1S/C21H21N3O6S/c1-14(19-22-23-20(30-19)15-7-9-18(28-2)10-8-15)29-21(25)16-5-3-6-17(13-16)24-11-4-12-31(24,26)27/h3,5-10,13-14H,4,11-12H2,1-2H3. The van der Waals surface area contributed by atoms with Crippen LogP contribution >= 0.6 is 0 Å². The number of hydrogen-bond acceptors (Lipinski definition) is 8. The summed E-state index contributed by atoms with van der Waals surface area (Å²) in [6, 6.07) is 13.5. The molecule has 4 rings (SSSR count). The minimum Gasteiger partial charge on any atom is -0.497 e. The summed E-state index contributed by atoms with van der Waals surface area (Å²) >= 11 is 0. The predicted octanol–water partition coefficient (Wildman–Crippen LogP) is 3.20. The van der Waals surface area contributed by atoms with Gasteiger partial charge in [-0.1, -0.05) is 6.07 Å². The smallest absolute Gasteiger partial charge is 0.338 e. The summed E-state index contributed by atoms with van der Waals surface area (Å²) in [6.45, 7) is 2.02. The van der Waals surface area contributed by atoms with Gasteiger partial charge in [0.05, 0.1) is 24.1 Å². The molecule has 0 bridgehead atoms. The zero-order valence-corrected chi connectivity index (χ0v) is 17.8. The van der Waals surface area contributed by atoms with E-state index in [4.69, 9.17) is 13.9 Å². The summed E-state index contributed by atoms with van der Waals surface area (Å²) in [5, 5.41) is 7.97. The molecule has 162 valence electrons. The predicted molar refractivity (Wildman–Crippen MR) is 112 cm³/mol. The second-order valence-electron chi connectivity index (χ2n) is 7.01. The summed E-state index contributed by atoms with van der Waals surface area (Å²) < 4.78 is 41.8. The van der Waals surface area contributed by atoms with Crippen LogP contribution in [0.2, 0.25) is 0 Å². The molecule has 0 spiro atoms. The molecule has 3 aromatic rings. The molecule has 0 saturated carbocycles. The molecule has 0 radical (unpaired) electrons. The van der Waals surface area contributed by atoms with Crippen molar-refractivity contribution in [2.75, 3.05) is 23.7 Å². The van der Waals surface area contributed by atoms with Crippen molar-refractivity contribution in [2.45, 2.75) is 19.4 Å². The SMILES string of the molecule is COc1ccc(-c2nnc(C(C)OC(=O)c3cccc(N4CCCS4(=O)=O)c3)o2)cc1. The lowest BCUT2D eigenvalue weighted by Crippen LogP contribution is -2.25. The van der Waals surface area contributed by atoms with Gasteiger partial charge in [0.15, 0.2) is 6.10 Å². The lowest BCUT2D eigenvalue weighted by atomic mass is 10.2. The van der Waals surface area contributed by atoms with Crippen LogP contribution in [0.25, 0.3) is 11.5 Å². The molecule has 10 heteroatoms. The van der Waals surface area contributed by atoms with Crippen LogP contribution in [-0.4, -0.2) is 44.0 Å². The zero-order valence-electron chi connectivity index (χ0n) is 17.0. The third kappa shape index (κ3) is 4.38. The Bertz CT molecular complexity index is 1190. The Hall–Kier alpha value is -3.40. The molecule has 9 nitrogen and oxygen atoms in total. The van der Waals surface area contributed by atoms with Crippen LogP contribution in [-0.2, 0) is 14.8 Å². The number of anilines is 1. The van der Waals surface area contributed by atoms with Crippen LogP contribution in [0.5, 0.6) is 5.75 Å². The maximum Gasteiger partial charge on any atom is 0.338 e. The topological polar surface area (TPSA) is 112 Å². The normalized spacial score (nSPS) is 16.1. The molecular weight excluding hydrogens is 422 g/mol. The molecule has 1 unspecified atom stereocenters. The van der Waals surface area contributed by atoms with Crippen LogP contribution in [0, 0.1) is 0 Å². The number of ether oxygens (including phenoxy) is 2. The van der Waals surface area contributed by atoms with E-state index in [1.165, 1.54) is 10.4 Å². The molecule has 31 heavy (non-hydrogen) atoms. The van der Waals surface area contributed by atoms with Crippen molar-refractivity contribution in [2.24, 2.45) is 0 Å². The highest BCUT2D eigenvalue weighted by Crippen LogP contribution is 2.27. The monoisotopic (exact) mass is 443 g/mol. The first kappa shape index (κ1) is 20.9. The highest BCUT2D eigenvalue weighted by Gasteiger charge is 2.29. The van der Waals surface area contributed by atoms with E-state index in [1.807, 2.05) is 0 Å². The van der Waals surface area contributed by atoms with Crippen molar-refractivity contribution in [3.05, 3.63) is 60.0 Å². The van der Waals surface area contributed by atoms with Crippen LogP contribution < -0.4 is 9.04 Å². The van der Waals surface area contributed by atoms with Gasteiger partial charge in [-0.05, 0) is 55.8 Å². The molecule has 0 N–H and O–H groups in total. The van der Waals surface area contributed by atoms with E-state index in [1.54, 1.807) is 56.5 Å². The van der Waals surface area contributed by atoms with Crippen LogP contribution in [0.3, 0.4) is 0 Å². The third-order valence-corrected chi connectivity index (χ3v) is 6.75. The fourth-order valence-electron chi connectivity index (χ4n) is 3.25. The highest BCUT2D eigenvalue weighted by molar-refractivity contribution is 7.93. The summed E-state index contributed by atoms with van der Waals surface area (Å²) in [6.07, 6.45) is -0.229. The number of aromatic nitrogens is 2. The fourth-order valence-corrected chi connectivity index (χ4v) is 4.80. The molecule has 0 aliphatic carbocycles. The molecule has 2 aromatic carbocycles. The zero-order chi connectivity index (χ0) is 22.0. The molecule has 2 heterocycles. The Morgan fingerprint density at radius 1 is 1.16 bits per heavy atom. The van der Waals surface area contributed by atoms with Gasteiger partial charge in [0.2, 0.25) is 15.9 Å². The molecule has 1 aromatic heterocycles. The molecule has 1 aliphatic rings. The number of nitrogens with zero attached hydrogens (tertiary/aromatic N) is 3. The lowest BCUT2D eigenvalue weighted by Gasteiger charge is -2.17. The van der Waals surface area contributed by atoms with Gasteiger partial charge in [0, 0.05) is 12.1 Å². The number of hydrogen-bond donors (Lipinski definition) is 0. The molecule has 1 fully saturated rings. The van der Waals surface area contributed by atoms with E-state index >= 15 is 0 Å². The molecule has 1 atom stereocenters. The number of carbonyl (C=O) groups excluding carboxylic acids is 1. The number of sulfonamides is 1. The van der Waals surface area contributed by atoms with Crippen LogP contribution in [0.15, 0.2) is 52.9 Å². The third-order valence-electron chi connectivity index (χ3n) is 4.88. The molecular formula is C21H21N3O6S. The average Bonchev–Trinajstić information content (AvgIpc) is 3.40. The molecule has 1 aliphatic heterocycles. The minimum absolute atomic E-state index is 0.104. The summed E-state index contributed by atoms with van der Waals surface area (Å²) in [4.78, 5) is 12.6. The van der Waals surface area contributed by atoms with E-state index < -0.39 is 22.1 Å². The van der Waals surface area contributed by atoms with Crippen molar-refractivity contribution >= 4 is 21.7 Å². The Labute approximate surface area is 179 Å². The van der Waals surface area contributed by atoms with Crippen molar-refractivity contribution in [3.63, 3.8) is 0 Å². The maximum absolute atomic E-state index is 12.6. The lowest BCUT2D eigenvalue weighted by molar-refractivity contribution is 0.0280. The Balaban J connectivity index is 1.47. The second-order valence-corrected chi connectivity index (χ2v) is 9.03. The average molecular weight is 443 g/mol. The van der Waals surface area contributed by atoms with Gasteiger partial charge in [-0.2, -0.15) is 0 Å².